The zero-order valence-corrected chi connectivity index (χ0v) is 29.3. The third-order valence-corrected chi connectivity index (χ3v) is 7.52. The summed E-state index contributed by atoms with van der Waals surface area (Å²) >= 11 is 0. The standard InChI is InChI=1S/C36H49N5O7/c1-35(2,3)47-33(43)39(7)19-20-40(34(44)48-36(4,5)6)31(26-12-11-13-29(22-26)45-8)32(42)38-28-17-15-25(16-18-28)27-23-37-41(24-27)30-14-9-10-21-46-30/h11-13,15-18,22-24,30-31H,9-10,14,19-21H2,1-8H3,(H,38,42). The lowest BCUT2D eigenvalue weighted by Crippen LogP contribution is -2.47. The van der Waals surface area contributed by atoms with E-state index in [1.165, 1.54) is 16.9 Å². The average Bonchev–Trinajstić information content (AvgIpc) is 3.52. The Hall–Kier alpha value is -4.58. The van der Waals surface area contributed by atoms with Gasteiger partial charge in [0.05, 0.1) is 13.3 Å². The van der Waals surface area contributed by atoms with Crippen molar-refractivity contribution in [1.82, 2.24) is 19.6 Å². The highest BCUT2D eigenvalue weighted by molar-refractivity contribution is 5.97. The van der Waals surface area contributed by atoms with E-state index in [9.17, 15) is 14.4 Å². The molecule has 1 saturated heterocycles. The maximum absolute atomic E-state index is 14.2. The molecule has 1 fully saturated rings. The topological polar surface area (TPSA) is 124 Å². The van der Waals surface area contributed by atoms with Gasteiger partial charge < -0.3 is 29.2 Å². The van der Waals surface area contributed by atoms with Crippen molar-refractivity contribution >= 4 is 23.8 Å². The number of aromatic nitrogens is 2. The Balaban J connectivity index is 1.60. The minimum Gasteiger partial charge on any atom is -0.497 e. The first kappa shape index (κ1) is 36.3. The fourth-order valence-corrected chi connectivity index (χ4v) is 5.15. The maximum Gasteiger partial charge on any atom is 0.411 e. The van der Waals surface area contributed by atoms with Crippen LogP contribution in [0.1, 0.15) is 78.6 Å². The number of anilines is 1. The van der Waals surface area contributed by atoms with Crippen LogP contribution in [0.15, 0.2) is 60.9 Å². The van der Waals surface area contributed by atoms with E-state index in [1.54, 1.807) is 91.2 Å². The van der Waals surface area contributed by atoms with Crippen LogP contribution in [0, 0.1) is 0 Å². The molecule has 1 N–H and O–H groups in total. The van der Waals surface area contributed by atoms with Gasteiger partial charge in [0.15, 0.2) is 0 Å². The molecular formula is C36H49N5O7. The lowest BCUT2D eigenvalue weighted by atomic mass is 10.0. The van der Waals surface area contributed by atoms with Gasteiger partial charge in [-0.2, -0.15) is 5.10 Å². The SMILES string of the molecule is COc1cccc(C(C(=O)Nc2ccc(-c3cnn(C4CCCCO4)c3)cc2)N(CCN(C)C(=O)OC(C)(C)C)C(=O)OC(C)(C)C)c1. The molecule has 1 aromatic heterocycles. The van der Waals surface area contributed by atoms with Crippen LogP contribution in [0.2, 0.25) is 0 Å². The number of rotatable bonds is 10. The lowest BCUT2D eigenvalue weighted by molar-refractivity contribution is -0.121. The number of hydrogen-bond acceptors (Lipinski definition) is 8. The molecule has 2 unspecified atom stereocenters. The van der Waals surface area contributed by atoms with Crippen LogP contribution >= 0.6 is 0 Å². The summed E-state index contributed by atoms with van der Waals surface area (Å²) in [5.41, 5.74) is 1.37. The molecule has 2 aromatic carbocycles. The number of nitrogens with one attached hydrogen (secondary N) is 1. The largest absolute Gasteiger partial charge is 0.497 e. The first-order chi connectivity index (χ1) is 22.6. The molecule has 0 bridgehead atoms. The quantitative estimate of drug-likeness (QED) is 0.245. The summed E-state index contributed by atoms with van der Waals surface area (Å²) in [5, 5.41) is 7.48. The molecule has 12 heteroatoms. The maximum atomic E-state index is 14.2. The number of carbonyl (C=O) groups excluding carboxylic acids is 3. The first-order valence-corrected chi connectivity index (χ1v) is 16.3. The molecule has 3 aromatic rings. The van der Waals surface area contributed by atoms with Gasteiger partial charge in [-0.05, 0) is 96.2 Å². The molecule has 4 rings (SSSR count). The van der Waals surface area contributed by atoms with Crippen LogP contribution in [0.3, 0.4) is 0 Å². The number of methoxy groups -OCH3 is 1. The average molecular weight is 664 g/mol. The molecule has 1 aliphatic rings. The number of carbonyl (C=O) groups is 3. The van der Waals surface area contributed by atoms with E-state index < -0.39 is 35.3 Å². The van der Waals surface area contributed by atoms with Crippen molar-refractivity contribution in [3.05, 3.63) is 66.5 Å². The van der Waals surface area contributed by atoms with Crippen LogP contribution in [0.5, 0.6) is 5.75 Å². The summed E-state index contributed by atoms with van der Waals surface area (Å²) in [6.07, 6.45) is 5.55. The van der Waals surface area contributed by atoms with Crippen molar-refractivity contribution in [1.29, 1.82) is 0 Å². The van der Waals surface area contributed by atoms with Gasteiger partial charge in [-0.15, -0.1) is 0 Å². The molecular weight excluding hydrogens is 614 g/mol. The third-order valence-electron chi connectivity index (χ3n) is 7.52. The zero-order valence-electron chi connectivity index (χ0n) is 29.3. The molecule has 0 spiro atoms. The zero-order chi connectivity index (χ0) is 35.1. The van der Waals surface area contributed by atoms with Crippen LogP contribution in [-0.4, -0.2) is 82.7 Å². The van der Waals surface area contributed by atoms with Crippen LogP contribution in [0.25, 0.3) is 11.1 Å². The predicted octanol–water partition coefficient (Wildman–Crippen LogP) is 7.04. The van der Waals surface area contributed by atoms with Crippen molar-refractivity contribution in [2.75, 3.05) is 39.2 Å². The van der Waals surface area contributed by atoms with E-state index in [4.69, 9.17) is 18.9 Å². The minimum atomic E-state index is -1.13. The molecule has 2 atom stereocenters. The Morgan fingerprint density at radius 1 is 0.958 bits per heavy atom. The van der Waals surface area contributed by atoms with Crippen LogP contribution in [-0.2, 0) is 19.0 Å². The summed E-state index contributed by atoms with van der Waals surface area (Å²) < 4.78 is 24.4. The molecule has 0 aliphatic carbocycles. The Bertz CT molecular complexity index is 1530. The van der Waals surface area contributed by atoms with E-state index in [2.05, 4.69) is 10.4 Å². The summed E-state index contributed by atoms with van der Waals surface area (Å²) in [7, 11) is 3.11. The number of likely N-dealkylation sites (N-methyl/N-ethyl adjacent to an activating group) is 1. The predicted molar refractivity (Wildman–Crippen MR) is 183 cm³/mol. The minimum absolute atomic E-state index is 0.0202. The van der Waals surface area contributed by atoms with Crippen molar-refractivity contribution in [2.45, 2.75) is 84.3 Å². The molecule has 1 aliphatic heterocycles. The monoisotopic (exact) mass is 663 g/mol. The molecule has 12 nitrogen and oxygen atoms in total. The number of amides is 3. The second kappa shape index (κ2) is 15.5. The number of ether oxygens (including phenoxy) is 4. The van der Waals surface area contributed by atoms with Gasteiger partial charge in [0.25, 0.3) is 5.91 Å². The highest BCUT2D eigenvalue weighted by atomic mass is 16.6. The van der Waals surface area contributed by atoms with Crippen molar-refractivity contribution in [3.8, 4) is 16.9 Å². The van der Waals surface area contributed by atoms with Gasteiger partial charge >= 0.3 is 12.2 Å². The van der Waals surface area contributed by atoms with Crippen molar-refractivity contribution in [3.63, 3.8) is 0 Å². The molecule has 0 saturated carbocycles. The van der Waals surface area contributed by atoms with Crippen molar-refractivity contribution < 1.29 is 33.3 Å². The summed E-state index contributed by atoms with van der Waals surface area (Å²) in [6.45, 7) is 11.4. The Morgan fingerprint density at radius 3 is 2.27 bits per heavy atom. The van der Waals surface area contributed by atoms with Gasteiger partial charge in [-0.1, -0.05) is 24.3 Å². The van der Waals surface area contributed by atoms with Gasteiger partial charge in [-0.3, -0.25) is 9.69 Å². The van der Waals surface area contributed by atoms with Crippen LogP contribution in [0.4, 0.5) is 15.3 Å². The summed E-state index contributed by atoms with van der Waals surface area (Å²) in [4.78, 5) is 43.4. The van der Waals surface area contributed by atoms with E-state index in [0.29, 0.717) is 17.0 Å². The van der Waals surface area contributed by atoms with Crippen molar-refractivity contribution in [2.24, 2.45) is 0 Å². The van der Waals surface area contributed by atoms with E-state index >= 15 is 0 Å². The fourth-order valence-electron chi connectivity index (χ4n) is 5.15. The first-order valence-electron chi connectivity index (χ1n) is 16.3. The smallest absolute Gasteiger partial charge is 0.411 e. The normalized spacial score (nSPS) is 15.6. The number of nitrogens with zero attached hydrogens (tertiary/aromatic N) is 4. The number of hydrogen-bond donors (Lipinski definition) is 1. The van der Waals surface area contributed by atoms with Gasteiger partial charge in [-0.25, -0.2) is 14.3 Å². The van der Waals surface area contributed by atoms with Crippen LogP contribution < -0.4 is 10.1 Å². The third kappa shape index (κ3) is 10.2. The molecule has 48 heavy (non-hydrogen) atoms. The second-order valence-corrected chi connectivity index (χ2v) is 13.9. The Kier molecular flexibility index (Phi) is 11.7. The lowest BCUT2D eigenvalue weighted by Gasteiger charge is -2.34. The summed E-state index contributed by atoms with van der Waals surface area (Å²) in [6, 6.07) is 13.2. The number of benzene rings is 2. The Morgan fingerprint density at radius 2 is 1.65 bits per heavy atom. The molecule has 2 heterocycles. The highest BCUT2D eigenvalue weighted by Gasteiger charge is 2.35. The second-order valence-electron chi connectivity index (χ2n) is 13.9. The van der Waals surface area contributed by atoms with E-state index in [-0.39, 0.29) is 19.3 Å². The van der Waals surface area contributed by atoms with Gasteiger partial charge in [0, 0.05) is 44.2 Å². The molecule has 0 radical (unpaired) electrons. The van der Waals surface area contributed by atoms with E-state index in [1.807, 2.05) is 23.0 Å². The highest BCUT2D eigenvalue weighted by Crippen LogP contribution is 2.30. The Labute approximate surface area is 283 Å². The van der Waals surface area contributed by atoms with Gasteiger partial charge in [0.1, 0.15) is 29.2 Å². The summed E-state index contributed by atoms with van der Waals surface area (Å²) in [5.74, 6) is 0.0490. The van der Waals surface area contributed by atoms with Gasteiger partial charge in [0.2, 0.25) is 0 Å². The fraction of sp³-hybridized carbons (Fsp3) is 0.500. The van der Waals surface area contributed by atoms with E-state index in [0.717, 1.165) is 37.0 Å². The molecule has 3 amide bonds. The molecule has 260 valence electrons.